The van der Waals surface area contributed by atoms with Crippen LogP contribution in [0.3, 0.4) is 0 Å². The van der Waals surface area contributed by atoms with Crippen molar-refractivity contribution in [3.8, 4) is 0 Å². The first-order valence-corrected chi connectivity index (χ1v) is 6.85. The summed E-state index contributed by atoms with van der Waals surface area (Å²) in [6.45, 7) is 2.76. The predicted octanol–water partition coefficient (Wildman–Crippen LogP) is 3.22. The molecule has 0 aliphatic rings. The Hall–Kier alpha value is -2.07. The summed E-state index contributed by atoms with van der Waals surface area (Å²) in [5, 5.41) is 0.749. The summed E-state index contributed by atoms with van der Waals surface area (Å²) in [6.07, 6.45) is 2.65. The lowest BCUT2D eigenvalue weighted by Gasteiger charge is -2.06. The van der Waals surface area contributed by atoms with Crippen molar-refractivity contribution >= 4 is 28.7 Å². The van der Waals surface area contributed by atoms with E-state index in [1.54, 1.807) is 6.20 Å². The van der Waals surface area contributed by atoms with Gasteiger partial charge in [0.15, 0.2) is 5.65 Å². The summed E-state index contributed by atoms with van der Waals surface area (Å²) in [5.41, 5.74) is 10.0. The molecule has 0 amide bonds. The number of hydrogen-bond acceptors (Lipinski definition) is 3. The van der Waals surface area contributed by atoms with Crippen molar-refractivity contribution in [2.24, 2.45) is 0 Å². The fourth-order valence-electron chi connectivity index (χ4n) is 2.27. The molecule has 0 spiro atoms. The highest BCUT2D eigenvalue weighted by atomic mass is 35.5. The molecule has 0 aliphatic heterocycles. The van der Waals surface area contributed by atoms with Crippen LogP contribution in [0.25, 0.3) is 11.2 Å². The van der Waals surface area contributed by atoms with E-state index in [1.165, 1.54) is 5.56 Å². The zero-order valence-electron chi connectivity index (χ0n) is 11.2. The van der Waals surface area contributed by atoms with Crippen molar-refractivity contribution in [3.05, 3.63) is 52.7 Å². The Morgan fingerprint density at radius 1 is 1.20 bits per heavy atom. The van der Waals surface area contributed by atoms with E-state index in [-0.39, 0.29) is 0 Å². The quantitative estimate of drug-likeness (QED) is 0.804. The van der Waals surface area contributed by atoms with Crippen LogP contribution in [0.5, 0.6) is 0 Å². The molecule has 3 aromatic rings. The average Bonchev–Trinajstić information content (AvgIpc) is 2.76. The molecule has 0 fully saturated rings. The van der Waals surface area contributed by atoms with E-state index in [4.69, 9.17) is 17.3 Å². The van der Waals surface area contributed by atoms with Crippen molar-refractivity contribution in [2.45, 2.75) is 19.9 Å². The Balaban J connectivity index is 1.89. The van der Waals surface area contributed by atoms with Gasteiger partial charge in [0.05, 0.1) is 0 Å². The molecule has 4 nitrogen and oxygen atoms in total. The topological polar surface area (TPSA) is 56.7 Å². The van der Waals surface area contributed by atoms with Gasteiger partial charge in [-0.3, -0.25) is 4.57 Å². The number of aryl methyl sites for hydroxylation is 3. The maximum Gasteiger partial charge on any atom is 0.202 e. The van der Waals surface area contributed by atoms with Crippen LogP contribution in [-0.2, 0) is 13.0 Å². The summed E-state index contributed by atoms with van der Waals surface area (Å²) in [7, 11) is 0. The van der Waals surface area contributed by atoms with Gasteiger partial charge in [0, 0.05) is 17.8 Å². The molecule has 20 heavy (non-hydrogen) atoms. The van der Waals surface area contributed by atoms with E-state index in [0.29, 0.717) is 5.95 Å². The fourth-order valence-corrected chi connectivity index (χ4v) is 2.39. The summed E-state index contributed by atoms with van der Waals surface area (Å²) in [4.78, 5) is 8.78. The van der Waals surface area contributed by atoms with Gasteiger partial charge in [-0.05, 0) is 42.7 Å². The lowest BCUT2D eigenvalue weighted by molar-refractivity contribution is 0.720. The van der Waals surface area contributed by atoms with E-state index < -0.39 is 0 Å². The van der Waals surface area contributed by atoms with Gasteiger partial charge in [0.1, 0.15) is 5.52 Å². The minimum atomic E-state index is 0.510. The Labute approximate surface area is 122 Å². The number of nitrogens with zero attached hydrogens (tertiary/aromatic N) is 3. The molecule has 1 aromatic carbocycles. The largest absolute Gasteiger partial charge is 0.369 e. The number of imidazole rings is 1. The third-order valence-corrected chi connectivity index (χ3v) is 3.65. The van der Waals surface area contributed by atoms with Gasteiger partial charge in [-0.15, -0.1) is 0 Å². The third-order valence-electron chi connectivity index (χ3n) is 3.40. The van der Waals surface area contributed by atoms with Crippen LogP contribution in [0.15, 0.2) is 36.5 Å². The third kappa shape index (κ3) is 2.34. The van der Waals surface area contributed by atoms with Gasteiger partial charge in [-0.25, -0.2) is 9.97 Å². The molecule has 2 heterocycles. The maximum absolute atomic E-state index is 6.00. The zero-order valence-corrected chi connectivity index (χ0v) is 11.9. The van der Waals surface area contributed by atoms with Gasteiger partial charge in [0.2, 0.25) is 5.95 Å². The second-order valence-electron chi connectivity index (χ2n) is 4.80. The second kappa shape index (κ2) is 5.13. The molecule has 0 radical (unpaired) electrons. The van der Waals surface area contributed by atoms with Crippen molar-refractivity contribution in [1.29, 1.82) is 0 Å². The molecule has 3 rings (SSSR count). The maximum atomic E-state index is 6.00. The molecule has 2 N–H and O–H groups in total. The second-order valence-corrected chi connectivity index (χ2v) is 5.23. The first-order valence-electron chi connectivity index (χ1n) is 6.47. The minimum Gasteiger partial charge on any atom is -0.369 e. The van der Waals surface area contributed by atoms with Crippen LogP contribution in [0.4, 0.5) is 5.95 Å². The predicted molar refractivity (Wildman–Crippen MR) is 81.8 cm³/mol. The molecule has 0 bridgehead atoms. The van der Waals surface area contributed by atoms with Crippen molar-refractivity contribution in [1.82, 2.24) is 14.5 Å². The van der Waals surface area contributed by atoms with Crippen LogP contribution in [0.2, 0.25) is 5.02 Å². The van der Waals surface area contributed by atoms with Crippen LogP contribution < -0.4 is 5.73 Å². The lowest BCUT2D eigenvalue weighted by atomic mass is 10.1. The van der Waals surface area contributed by atoms with Gasteiger partial charge >= 0.3 is 0 Å². The van der Waals surface area contributed by atoms with Crippen molar-refractivity contribution in [2.75, 3.05) is 5.73 Å². The molecule has 0 atom stereocenters. The molecule has 0 saturated carbocycles. The molecule has 5 heteroatoms. The van der Waals surface area contributed by atoms with Gasteiger partial charge in [-0.1, -0.05) is 23.7 Å². The highest BCUT2D eigenvalue weighted by Crippen LogP contribution is 2.19. The highest BCUT2D eigenvalue weighted by Gasteiger charge is 2.10. The number of hydrogen-bond donors (Lipinski definition) is 1. The van der Waals surface area contributed by atoms with Crippen molar-refractivity contribution < 1.29 is 0 Å². The van der Waals surface area contributed by atoms with Crippen LogP contribution in [0, 0.1) is 6.92 Å². The molecular weight excluding hydrogens is 272 g/mol. The number of nitrogen functional groups attached to an aromatic ring is 1. The van der Waals surface area contributed by atoms with E-state index in [0.717, 1.165) is 34.7 Å². The molecule has 0 aliphatic carbocycles. The SMILES string of the molecule is Cc1ccnc2c1nc(N)n2CCc1ccc(Cl)cc1. The Morgan fingerprint density at radius 3 is 2.70 bits per heavy atom. The number of rotatable bonds is 3. The lowest BCUT2D eigenvalue weighted by Crippen LogP contribution is -2.06. The van der Waals surface area contributed by atoms with Gasteiger partial charge in [-0.2, -0.15) is 0 Å². The van der Waals surface area contributed by atoms with Gasteiger partial charge in [0.25, 0.3) is 0 Å². The minimum absolute atomic E-state index is 0.510. The Bertz CT molecular complexity index is 746. The van der Waals surface area contributed by atoms with E-state index in [9.17, 15) is 0 Å². The van der Waals surface area contributed by atoms with E-state index in [1.807, 2.05) is 41.8 Å². The van der Waals surface area contributed by atoms with E-state index >= 15 is 0 Å². The Kier molecular flexibility index (Phi) is 3.32. The number of pyridine rings is 1. The fraction of sp³-hybridized carbons (Fsp3) is 0.200. The summed E-state index contributed by atoms with van der Waals surface area (Å²) >= 11 is 5.89. The standard InChI is InChI=1S/C15H15ClN4/c1-10-6-8-18-14-13(10)19-15(17)20(14)9-7-11-2-4-12(16)5-3-11/h2-6,8H,7,9H2,1H3,(H2,17,19). The zero-order chi connectivity index (χ0) is 14.1. The van der Waals surface area contributed by atoms with Crippen LogP contribution in [-0.4, -0.2) is 14.5 Å². The molecule has 0 unspecified atom stereocenters. The normalized spacial score (nSPS) is 11.1. The molecule has 2 aromatic heterocycles. The Morgan fingerprint density at radius 2 is 1.95 bits per heavy atom. The number of aromatic nitrogens is 3. The average molecular weight is 287 g/mol. The summed E-state index contributed by atoms with van der Waals surface area (Å²) in [6, 6.07) is 9.79. The summed E-state index contributed by atoms with van der Waals surface area (Å²) < 4.78 is 1.96. The first kappa shape index (κ1) is 12.9. The van der Waals surface area contributed by atoms with Gasteiger partial charge < -0.3 is 5.73 Å². The highest BCUT2D eigenvalue weighted by molar-refractivity contribution is 6.30. The van der Waals surface area contributed by atoms with Crippen LogP contribution in [0.1, 0.15) is 11.1 Å². The first-order chi connectivity index (χ1) is 9.65. The van der Waals surface area contributed by atoms with E-state index in [2.05, 4.69) is 9.97 Å². The smallest absolute Gasteiger partial charge is 0.202 e. The number of anilines is 1. The number of benzene rings is 1. The molecule has 0 saturated heterocycles. The number of fused-ring (bicyclic) bond motifs is 1. The molecule has 102 valence electrons. The number of halogens is 1. The van der Waals surface area contributed by atoms with Crippen molar-refractivity contribution in [3.63, 3.8) is 0 Å². The summed E-state index contributed by atoms with van der Waals surface area (Å²) in [5.74, 6) is 0.510. The van der Waals surface area contributed by atoms with Crippen LogP contribution >= 0.6 is 11.6 Å². The number of nitrogens with two attached hydrogens (primary N) is 1. The molecular formula is C15H15ClN4. The monoisotopic (exact) mass is 286 g/mol.